The third kappa shape index (κ3) is 2.65. The molecule has 7 rings (SSSR count). The number of phenols is 1. The van der Waals surface area contributed by atoms with Gasteiger partial charge in [0.25, 0.3) is 0 Å². The molecule has 4 atom stereocenters. The van der Waals surface area contributed by atoms with E-state index in [9.17, 15) is 15.0 Å². The Kier molecular flexibility index (Phi) is 4.05. The average Bonchev–Trinajstić information content (AvgIpc) is 3.38. The predicted molar refractivity (Wildman–Crippen MR) is 119 cm³/mol. The van der Waals surface area contributed by atoms with E-state index >= 15 is 0 Å². The first-order valence-electron chi connectivity index (χ1n) is 12.2. The van der Waals surface area contributed by atoms with Crippen LogP contribution in [0.2, 0.25) is 0 Å². The number of ether oxygens (including phenoxy) is 1. The van der Waals surface area contributed by atoms with E-state index in [1.54, 1.807) is 12.3 Å². The largest absolute Gasteiger partial charge is 0.504 e. The van der Waals surface area contributed by atoms with Gasteiger partial charge in [-0.25, -0.2) is 0 Å². The maximum absolute atomic E-state index is 13.2. The second-order valence-corrected chi connectivity index (χ2v) is 10.7. The molecule has 0 unspecified atom stereocenters. The Morgan fingerprint density at radius 1 is 1.24 bits per heavy atom. The van der Waals surface area contributed by atoms with Gasteiger partial charge in [0, 0.05) is 36.6 Å². The van der Waals surface area contributed by atoms with Crippen molar-refractivity contribution in [3.05, 3.63) is 41.2 Å². The van der Waals surface area contributed by atoms with Crippen molar-refractivity contribution in [2.75, 3.05) is 26.2 Å². The molecule has 2 aromatic rings. The fraction of sp³-hybridized carbons (Fsp3) is 0.600. The number of H-pyrrole nitrogens is 1. The van der Waals surface area contributed by atoms with Crippen molar-refractivity contribution in [3.63, 3.8) is 0 Å². The van der Waals surface area contributed by atoms with E-state index < -0.39 is 11.0 Å². The number of aromatic amines is 1. The molecule has 4 heterocycles. The van der Waals surface area contributed by atoms with E-state index in [1.807, 2.05) is 17.0 Å². The van der Waals surface area contributed by atoms with Gasteiger partial charge in [-0.3, -0.25) is 14.8 Å². The second kappa shape index (κ2) is 6.73. The molecule has 1 saturated carbocycles. The molecule has 1 amide bonds. The van der Waals surface area contributed by atoms with E-state index in [1.165, 1.54) is 18.4 Å². The fourth-order valence-corrected chi connectivity index (χ4v) is 7.29. The first-order valence-corrected chi connectivity index (χ1v) is 12.2. The number of carbonyl (C=O) groups excluding carboxylic acids is 1. The van der Waals surface area contributed by atoms with Gasteiger partial charge in [0.2, 0.25) is 5.91 Å². The van der Waals surface area contributed by atoms with Gasteiger partial charge in [0.05, 0.1) is 24.0 Å². The number of hydrogen-bond donors (Lipinski definition) is 3. The Morgan fingerprint density at radius 3 is 2.91 bits per heavy atom. The van der Waals surface area contributed by atoms with Gasteiger partial charge in [-0.15, -0.1) is 0 Å². The lowest BCUT2D eigenvalue weighted by Crippen LogP contribution is -2.74. The molecule has 33 heavy (non-hydrogen) atoms. The summed E-state index contributed by atoms with van der Waals surface area (Å²) in [7, 11) is 0. The van der Waals surface area contributed by atoms with Crippen molar-refractivity contribution < 1.29 is 19.7 Å². The standard InChI is InChI=1S/C25H30N4O4/c30-18-4-3-16-11-19-25(32)7-10-29(21(31)12-17-5-8-26-27-17)14-20-24(25,22(16)23(18)33-20)6-9-28(19)13-15-1-2-15/h3-5,8,15,19-20,30,32H,1-2,6-7,9-14H2,(H,26,27)/t19-,20+,24-,25-/m1/s1. The number of hydrogen-bond acceptors (Lipinski definition) is 6. The van der Waals surface area contributed by atoms with Crippen LogP contribution in [0.5, 0.6) is 11.5 Å². The van der Waals surface area contributed by atoms with Crippen molar-refractivity contribution in [1.29, 1.82) is 0 Å². The molecular weight excluding hydrogens is 420 g/mol. The lowest BCUT2D eigenvalue weighted by molar-refractivity contribution is -0.162. The fourth-order valence-electron chi connectivity index (χ4n) is 7.29. The zero-order valence-electron chi connectivity index (χ0n) is 18.7. The second-order valence-electron chi connectivity index (χ2n) is 10.7. The number of aromatic nitrogens is 2. The minimum Gasteiger partial charge on any atom is -0.504 e. The number of carbonyl (C=O) groups is 1. The number of piperidine rings is 1. The third-order valence-corrected chi connectivity index (χ3v) is 9.04. The lowest BCUT2D eigenvalue weighted by atomic mass is 9.52. The quantitative estimate of drug-likeness (QED) is 0.650. The summed E-state index contributed by atoms with van der Waals surface area (Å²) in [6.45, 7) is 2.87. The van der Waals surface area contributed by atoms with E-state index in [0.717, 1.165) is 43.1 Å². The molecule has 1 spiro atoms. The topological polar surface area (TPSA) is 102 Å². The maximum atomic E-state index is 13.2. The lowest BCUT2D eigenvalue weighted by Gasteiger charge is -2.60. The van der Waals surface area contributed by atoms with Crippen LogP contribution < -0.4 is 4.74 Å². The maximum Gasteiger partial charge on any atom is 0.228 e. The van der Waals surface area contributed by atoms with E-state index in [-0.39, 0.29) is 30.2 Å². The van der Waals surface area contributed by atoms with Crippen LogP contribution in [0.15, 0.2) is 24.4 Å². The summed E-state index contributed by atoms with van der Waals surface area (Å²) in [6.07, 6.45) is 6.14. The van der Waals surface area contributed by atoms with Gasteiger partial charge >= 0.3 is 0 Å². The first kappa shape index (κ1) is 19.9. The molecule has 1 aromatic heterocycles. The van der Waals surface area contributed by atoms with Crippen LogP contribution in [0.1, 0.15) is 42.5 Å². The molecule has 1 aromatic carbocycles. The van der Waals surface area contributed by atoms with Crippen molar-refractivity contribution >= 4 is 5.91 Å². The number of nitrogens with zero attached hydrogens (tertiary/aromatic N) is 3. The number of nitrogens with one attached hydrogen (secondary N) is 1. The Hall–Kier alpha value is -2.58. The average molecular weight is 451 g/mol. The predicted octanol–water partition coefficient (Wildman–Crippen LogP) is 1.36. The van der Waals surface area contributed by atoms with E-state index in [2.05, 4.69) is 15.1 Å². The molecule has 5 aliphatic rings. The number of aromatic hydroxyl groups is 1. The first-order chi connectivity index (χ1) is 16.0. The van der Waals surface area contributed by atoms with E-state index in [4.69, 9.17) is 4.74 Å². The Bertz CT molecular complexity index is 1120. The van der Waals surface area contributed by atoms with Crippen molar-refractivity contribution in [2.45, 2.75) is 61.7 Å². The van der Waals surface area contributed by atoms with Crippen molar-refractivity contribution in [1.82, 2.24) is 20.0 Å². The molecule has 8 heteroatoms. The molecule has 0 radical (unpaired) electrons. The summed E-state index contributed by atoms with van der Waals surface area (Å²) in [4.78, 5) is 17.6. The Morgan fingerprint density at radius 2 is 2.12 bits per heavy atom. The van der Waals surface area contributed by atoms with Crippen LogP contribution in [-0.4, -0.2) is 80.0 Å². The molecular formula is C25H30N4O4. The zero-order valence-corrected chi connectivity index (χ0v) is 18.7. The van der Waals surface area contributed by atoms with Crippen LogP contribution in [0, 0.1) is 5.92 Å². The highest BCUT2D eigenvalue weighted by Gasteiger charge is 2.71. The number of benzene rings is 1. The number of rotatable bonds is 4. The Labute approximate surface area is 192 Å². The molecule has 3 fully saturated rings. The van der Waals surface area contributed by atoms with Gasteiger partial charge in [0.1, 0.15) is 6.10 Å². The summed E-state index contributed by atoms with van der Waals surface area (Å²) in [6, 6.07) is 5.56. The van der Waals surface area contributed by atoms with Crippen LogP contribution >= 0.6 is 0 Å². The van der Waals surface area contributed by atoms with Crippen molar-refractivity contribution in [2.24, 2.45) is 5.92 Å². The van der Waals surface area contributed by atoms with Gasteiger partial charge < -0.3 is 19.8 Å². The summed E-state index contributed by atoms with van der Waals surface area (Å²) in [5.41, 5.74) is 1.36. The third-order valence-electron chi connectivity index (χ3n) is 9.04. The highest BCUT2D eigenvalue weighted by Crippen LogP contribution is 2.63. The van der Waals surface area contributed by atoms with Gasteiger partial charge in [0.15, 0.2) is 11.5 Å². The van der Waals surface area contributed by atoms with Gasteiger partial charge in [-0.1, -0.05) is 6.07 Å². The van der Waals surface area contributed by atoms with Gasteiger partial charge in [-0.05, 0) is 62.3 Å². The van der Waals surface area contributed by atoms with Crippen LogP contribution in [0.4, 0.5) is 0 Å². The molecule has 3 aliphatic heterocycles. The molecule has 2 saturated heterocycles. The highest BCUT2D eigenvalue weighted by atomic mass is 16.5. The Balaban J connectivity index is 1.31. The van der Waals surface area contributed by atoms with Crippen molar-refractivity contribution in [3.8, 4) is 11.5 Å². The smallest absolute Gasteiger partial charge is 0.228 e. The molecule has 2 aliphatic carbocycles. The molecule has 2 bridgehead atoms. The highest BCUT2D eigenvalue weighted by molar-refractivity contribution is 5.78. The molecule has 8 nitrogen and oxygen atoms in total. The van der Waals surface area contributed by atoms with Gasteiger partial charge in [-0.2, -0.15) is 5.10 Å². The SMILES string of the molecule is O=C(Cc1ccn[nH]1)N1CC[C@@]2(O)[C@H]3Cc4ccc(O)c5c4[C@@]2(CCN3CC2CC2)[C@H](C1)O5. The molecule has 3 N–H and O–H groups in total. The normalized spacial score (nSPS) is 34.5. The van der Waals surface area contributed by atoms with Crippen LogP contribution in [-0.2, 0) is 23.1 Å². The number of amides is 1. The van der Waals surface area contributed by atoms with Crippen LogP contribution in [0.25, 0.3) is 0 Å². The number of likely N-dealkylation sites (tertiary alicyclic amines) is 2. The molecule has 174 valence electrons. The van der Waals surface area contributed by atoms with E-state index in [0.29, 0.717) is 25.3 Å². The summed E-state index contributed by atoms with van der Waals surface area (Å²) in [5.74, 6) is 1.40. The number of aliphatic hydroxyl groups is 1. The summed E-state index contributed by atoms with van der Waals surface area (Å²) in [5, 5.41) is 30.1. The summed E-state index contributed by atoms with van der Waals surface area (Å²) >= 11 is 0. The monoisotopic (exact) mass is 450 g/mol. The van der Waals surface area contributed by atoms with Crippen LogP contribution in [0.3, 0.4) is 0 Å². The minimum atomic E-state index is -1.00. The zero-order chi connectivity index (χ0) is 22.4. The summed E-state index contributed by atoms with van der Waals surface area (Å²) < 4.78 is 6.46. The number of phenolic OH excluding ortho intramolecular Hbond substituents is 1. The minimum absolute atomic E-state index is 0.00334.